The summed E-state index contributed by atoms with van der Waals surface area (Å²) in [5.74, 6) is 0.727. The molecule has 0 N–H and O–H groups in total. The number of benzene rings is 1. The van der Waals surface area contributed by atoms with E-state index in [4.69, 9.17) is 4.52 Å². The molecule has 0 aliphatic carbocycles. The molecule has 2 aromatic rings. The van der Waals surface area contributed by atoms with Crippen LogP contribution in [0, 0.1) is 5.92 Å². The van der Waals surface area contributed by atoms with E-state index in [1.54, 1.807) is 4.31 Å². The number of piperazine rings is 1. The van der Waals surface area contributed by atoms with Crippen LogP contribution in [0.2, 0.25) is 0 Å². The van der Waals surface area contributed by atoms with Crippen molar-refractivity contribution in [2.24, 2.45) is 5.92 Å². The monoisotopic (exact) mass is 487 g/mol. The largest absolute Gasteiger partial charge is 0.416 e. The van der Waals surface area contributed by atoms with Gasteiger partial charge in [-0.25, -0.2) is 0 Å². The number of piperidine rings is 1. The highest BCUT2D eigenvalue weighted by atomic mass is 32.2. The molecule has 1 aromatic heterocycles. The van der Waals surface area contributed by atoms with Crippen LogP contribution in [-0.4, -0.2) is 71.3 Å². The third-order valence-corrected chi connectivity index (χ3v) is 8.34. The number of nitrogens with zero attached hydrogens (tertiary/aromatic N) is 5. The molecule has 2 aliphatic rings. The fourth-order valence-electron chi connectivity index (χ4n) is 4.35. The van der Waals surface area contributed by atoms with Gasteiger partial charge >= 0.3 is 6.18 Å². The molecule has 1 aromatic carbocycles. The number of rotatable bonds is 5. The molecule has 0 unspecified atom stereocenters. The molecule has 0 amide bonds. The first-order valence-corrected chi connectivity index (χ1v) is 12.5. The molecular formula is C21H28F3N5O3S. The first-order valence-electron chi connectivity index (χ1n) is 11.1. The molecule has 0 radical (unpaired) electrons. The van der Waals surface area contributed by atoms with E-state index < -0.39 is 21.9 Å². The van der Waals surface area contributed by atoms with Gasteiger partial charge in [-0.15, -0.1) is 0 Å². The van der Waals surface area contributed by atoms with Gasteiger partial charge < -0.3 is 4.52 Å². The highest BCUT2D eigenvalue weighted by Gasteiger charge is 2.36. The summed E-state index contributed by atoms with van der Waals surface area (Å²) in [5, 5.41) is 3.85. The molecular weight excluding hydrogens is 459 g/mol. The lowest BCUT2D eigenvalue weighted by atomic mass is 10.0. The third-order valence-electron chi connectivity index (χ3n) is 6.34. The van der Waals surface area contributed by atoms with Crippen molar-refractivity contribution in [3.05, 3.63) is 35.7 Å². The van der Waals surface area contributed by atoms with Crippen molar-refractivity contribution in [2.45, 2.75) is 38.9 Å². The predicted molar refractivity (Wildman–Crippen MR) is 115 cm³/mol. The highest BCUT2D eigenvalue weighted by molar-refractivity contribution is 7.86. The third kappa shape index (κ3) is 5.23. The Hall–Kier alpha value is -2.02. The smallest absolute Gasteiger partial charge is 0.337 e. The van der Waals surface area contributed by atoms with Crippen molar-refractivity contribution in [2.75, 3.05) is 39.3 Å². The summed E-state index contributed by atoms with van der Waals surface area (Å²) in [7, 11) is -3.48. The lowest BCUT2D eigenvalue weighted by Gasteiger charge is -2.39. The van der Waals surface area contributed by atoms with Crippen molar-refractivity contribution in [3.63, 3.8) is 0 Å². The molecule has 4 rings (SSSR count). The number of hydrogen-bond donors (Lipinski definition) is 0. The van der Waals surface area contributed by atoms with Gasteiger partial charge in [-0.2, -0.15) is 35.2 Å². The van der Waals surface area contributed by atoms with Gasteiger partial charge in [0.15, 0.2) is 0 Å². The van der Waals surface area contributed by atoms with E-state index in [1.165, 1.54) is 16.4 Å². The quantitative estimate of drug-likeness (QED) is 0.643. The van der Waals surface area contributed by atoms with Crippen molar-refractivity contribution in [1.82, 2.24) is 23.7 Å². The highest BCUT2D eigenvalue weighted by Crippen LogP contribution is 2.32. The van der Waals surface area contributed by atoms with Crippen LogP contribution >= 0.6 is 0 Å². The van der Waals surface area contributed by atoms with Gasteiger partial charge in [0, 0.05) is 44.8 Å². The fourth-order valence-corrected chi connectivity index (χ4v) is 6.11. The van der Waals surface area contributed by atoms with Crippen molar-refractivity contribution >= 4 is 10.2 Å². The zero-order chi connectivity index (χ0) is 23.8. The Kier molecular flexibility index (Phi) is 6.81. The first kappa shape index (κ1) is 24.1. The molecule has 12 heteroatoms. The van der Waals surface area contributed by atoms with Crippen LogP contribution < -0.4 is 0 Å². The van der Waals surface area contributed by atoms with Gasteiger partial charge in [0.25, 0.3) is 10.2 Å². The zero-order valence-corrected chi connectivity index (χ0v) is 19.4. The number of aromatic nitrogens is 2. The average Bonchev–Trinajstić information content (AvgIpc) is 3.28. The number of alkyl halides is 3. The van der Waals surface area contributed by atoms with Crippen LogP contribution in [0.25, 0.3) is 11.4 Å². The minimum absolute atomic E-state index is 0.0865. The van der Waals surface area contributed by atoms with E-state index in [9.17, 15) is 21.6 Å². The Morgan fingerprint density at radius 2 is 1.85 bits per heavy atom. The average molecular weight is 488 g/mol. The second kappa shape index (κ2) is 9.32. The molecule has 3 heterocycles. The van der Waals surface area contributed by atoms with Crippen molar-refractivity contribution < 1.29 is 26.1 Å². The van der Waals surface area contributed by atoms with Crippen LogP contribution in [0.3, 0.4) is 0 Å². The molecule has 2 saturated heterocycles. The van der Waals surface area contributed by atoms with E-state index in [-0.39, 0.29) is 23.3 Å². The minimum atomic E-state index is -4.46. The first-order chi connectivity index (χ1) is 15.6. The summed E-state index contributed by atoms with van der Waals surface area (Å²) in [6, 6.07) is 4.49. The lowest BCUT2D eigenvalue weighted by molar-refractivity contribution is -0.137. The molecule has 2 atom stereocenters. The second-order valence-corrected chi connectivity index (χ2v) is 10.7. The fraction of sp³-hybridized carbons (Fsp3) is 0.619. The molecule has 2 fully saturated rings. The summed E-state index contributed by atoms with van der Waals surface area (Å²) in [4.78, 5) is 6.34. The Labute approximate surface area is 191 Å². The van der Waals surface area contributed by atoms with E-state index in [2.05, 4.69) is 17.1 Å². The van der Waals surface area contributed by atoms with Crippen LogP contribution in [0.4, 0.5) is 13.2 Å². The summed E-state index contributed by atoms with van der Waals surface area (Å²) >= 11 is 0. The van der Waals surface area contributed by atoms with Crippen LogP contribution in [-0.2, 0) is 16.4 Å². The summed E-state index contributed by atoms with van der Waals surface area (Å²) < 4.78 is 73.4. The maximum absolute atomic E-state index is 13.0. The normalized spacial score (nSPS) is 23.0. The summed E-state index contributed by atoms with van der Waals surface area (Å²) in [6.07, 6.45) is -2.53. The maximum Gasteiger partial charge on any atom is 0.416 e. The molecule has 0 bridgehead atoms. The van der Waals surface area contributed by atoms with Crippen LogP contribution in [0.15, 0.2) is 28.8 Å². The zero-order valence-electron chi connectivity index (χ0n) is 18.6. The Balaban J connectivity index is 1.40. The standard InChI is InChI=1S/C21H28F3N5O3S/c1-15-5-4-8-29(14-15)33(30,31)28-11-9-27(10-12-28)16(2)20-25-19(26-32-20)17-6-3-7-18(13-17)21(22,23)24/h3,6-7,13,15-16H,4-5,8-12,14H2,1-2H3/t15-,16-/m1/s1. The summed E-state index contributed by atoms with van der Waals surface area (Å²) in [6.45, 7) is 6.73. The SMILES string of the molecule is C[C@@H]1CCCN(S(=O)(=O)N2CCN([C@H](C)c3nc(-c4cccc(C(F)(F)F)c4)no3)CC2)C1. The van der Waals surface area contributed by atoms with E-state index in [1.807, 2.05) is 11.8 Å². The van der Waals surface area contributed by atoms with Gasteiger partial charge in [0.05, 0.1) is 11.6 Å². The Morgan fingerprint density at radius 3 is 2.52 bits per heavy atom. The van der Waals surface area contributed by atoms with Gasteiger partial charge in [0.1, 0.15) is 0 Å². The van der Waals surface area contributed by atoms with Gasteiger partial charge in [-0.3, -0.25) is 4.90 Å². The van der Waals surface area contributed by atoms with E-state index in [0.29, 0.717) is 45.2 Å². The van der Waals surface area contributed by atoms with Gasteiger partial charge in [0.2, 0.25) is 11.7 Å². The Morgan fingerprint density at radius 1 is 1.12 bits per heavy atom. The summed E-state index contributed by atoms with van der Waals surface area (Å²) in [5.41, 5.74) is -0.557. The molecule has 0 spiro atoms. The molecule has 2 aliphatic heterocycles. The van der Waals surface area contributed by atoms with E-state index in [0.717, 1.165) is 25.0 Å². The number of hydrogen-bond acceptors (Lipinski definition) is 6. The second-order valence-electron chi connectivity index (χ2n) is 8.76. The molecule has 182 valence electrons. The molecule has 0 saturated carbocycles. The number of halogens is 3. The van der Waals surface area contributed by atoms with Crippen LogP contribution in [0.5, 0.6) is 0 Å². The van der Waals surface area contributed by atoms with Crippen LogP contribution in [0.1, 0.15) is 44.2 Å². The van der Waals surface area contributed by atoms with Crippen molar-refractivity contribution in [3.8, 4) is 11.4 Å². The predicted octanol–water partition coefficient (Wildman–Crippen LogP) is 3.41. The topological polar surface area (TPSA) is 82.8 Å². The van der Waals surface area contributed by atoms with E-state index >= 15 is 0 Å². The molecule has 8 nitrogen and oxygen atoms in total. The van der Waals surface area contributed by atoms with Gasteiger partial charge in [-0.05, 0) is 37.8 Å². The maximum atomic E-state index is 13.0. The Bertz CT molecular complexity index is 1070. The molecule has 33 heavy (non-hydrogen) atoms. The lowest BCUT2D eigenvalue weighted by Crippen LogP contribution is -2.54. The minimum Gasteiger partial charge on any atom is -0.337 e. The van der Waals surface area contributed by atoms with Gasteiger partial charge in [-0.1, -0.05) is 24.2 Å². The van der Waals surface area contributed by atoms with Crippen molar-refractivity contribution in [1.29, 1.82) is 0 Å².